The Morgan fingerprint density at radius 1 is 1.23 bits per heavy atom. The molecule has 1 amide bonds. The van der Waals surface area contributed by atoms with Gasteiger partial charge in [-0.1, -0.05) is 11.6 Å². The smallest absolute Gasteiger partial charge is 0.271 e. The summed E-state index contributed by atoms with van der Waals surface area (Å²) in [6.45, 7) is -0.0805. The highest BCUT2D eigenvalue weighted by Gasteiger charge is 2.32. The van der Waals surface area contributed by atoms with Gasteiger partial charge in [-0.15, -0.1) is 0 Å². The lowest BCUT2D eigenvalue weighted by Crippen LogP contribution is -2.51. The zero-order valence-electron chi connectivity index (χ0n) is 16.1. The topological polar surface area (TPSA) is 131 Å². The summed E-state index contributed by atoms with van der Waals surface area (Å²) in [7, 11) is -3.64. The lowest BCUT2D eigenvalue weighted by Gasteiger charge is -2.36. The molecule has 1 aliphatic heterocycles. The number of hydrogen-bond acceptors (Lipinski definition) is 7. The zero-order chi connectivity index (χ0) is 21.6. The molecule has 2 heterocycles. The van der Waals surface area contributed by atoms with E-state index >= 15 is 0 Å². The highest BCUT2D eigenvalue weighted by atomic mass is 35.5. The minimum atomic E-state index is -3.64. The van der Waals surface area contributed by atoms with E-state index in [0.717, 1.165) is 0 Å². The first-order chi connectivity index (χ1) is 14.4. The van der Waals surface area contributed by atoms with Crippen LogP contribution in [-0.2, 0) is 14.8 Å². The van der Waals surface area contributed by atoms with Crippen LogP contribution in [0.3, 0.4) is 0 Å². The van der Waals surface area contributed by atoms with E-state index in [4.69, 9.17) is 16.3 Å². The summed E-state index contributed by atoms with van der Waals surface area (Å²) in [5.41, 5.74) is 0.188. The van der Waals surface area contributed by atoms with Gasteiger partial charge in [-0.05, 0) is 43.5 Å². The largest absolute Gasteiger partial charge is 0.394 e. The molecule has 1 fully saturated rings. The van der Waals surface area contributed by atoms with Gasteiger partial charge in [0, 0.05) is 24.0 Å². The van der Waals surface area contributed by atoms with Crippen molar-refractivity contribution in [2.24, 2.45) is 0 Å². The minimum Gasteiger partial charge on any atom is -0.394 e. The van der Waals surface area contributed by atoms with E-state index in [9.17, 15) is 18.3 Å². The number of aromatic nitrogens is 2. The molecule has 3 rings (SSSR count). The van der Waals surface area contributed by atoms with Crippen molar-refractivity contribution >= 4 is 27.5 Å². The van der Waals surface area contributed by atoms with Gasteiger partial charge in [0.05, 0.1) is 29.8 Å². The molecule has 0 bridgehead atoms. The van der Waals surface area contributed by atoms with Gasteiger partial charge >= 0.3 is 0 Å². The predicted octanol–water partition coefficient (Wildman–Crippen LogP) is 1.14. The average molecular weight is 455 g/mol. The minimum absolute atomic E-state index is 0.136. The Hall–Kier alpha value is -2.11. The van der Waals surface area contributed by atoms with E-state index in [1.807, 2.05) is 0 Å². The Morgan fingerprint density at radius 2 is 2.00 bits per heavy atom. The van der Waals surface area contributed by atoms with E-state index in [1.54, 1.807) is 0 Å². The van der Waals surface area contributed by atoms with Gasteiger partial charge in [-0.25, -0.2) is 18.1 Å². The van der Waals surface area contributed by atoms with Gasteiger partial charge in [0.15, 0.2) is 0 Å². The molecular formula is C19H23ClN4O5S. The molecule has 1 saturated heterocycles. The number of aliphatic hydroxyl groups excluding tert-OH is 1. The van der Waals surface area contributed by atoms with Gasteiger partial charge < -0.3 is 15.2 Å². The van der Waals surface area contributed by atoms with Crippen molar-refractivity contribution in [1.29, 1.82) is 0 Å². The molecule has 3 N–H and O–H groups in total. The molecular weight excluding hydrogens is 432 g/mol. The molecule has 9 nitrogen and oxygen atoms in total. The van der Waals surface area contributed by atoms with E-state index < -0.39 is 16.1 Å². The van der Waals surface area contributed by atoms with E-state index in [2.05, 4.69) is 20.0 Å². The number of benzene rings is 1. The third kappa shape index (κ3) is 5.96. The van der Waals surface area contributed by atoms with E-state index in [0.29, 0.717) is 24.3 Å². The normalized spacial score (nSPS) is 21.9. The Balaban J connectivity index is 1.49. The lowest BCUT2D eigenvalue weighted by atomic mass is 9.97. The van der Waals surface area contributed by atoms with E-state index in [-0.39, 0.29) is 41.8 Å². The Kier molecular flexibility index (Phi) is 7.73. The highest BCUT2D eigenvalue weighted by molar-refractivity contribution is 7.89. The molecule has 1 aromatic heterocycles. The van der Waals surface area contributed by atoms with E-state index in [1.165, 1.54) is 42.9 Å². The summed E-state index contributed by atoms with van der Waals surface area (Å²) in [5, 5.41) is 12.9. The molecule has 0 radical (unpaired) electrons. The molecule has 0 spiro atoms. The van der Waals surface area contributed by atoms with Crippen molar-refractivity contribution in [3.8, 4) is 0 Å². The number of sulfonamides is 1. The third-order valence-corrected chi connectivity index (χ3v) is 6.52. The van der Waals surface area contributed by atoms with Crippen LogP contribution in [0.4, 0.5) is 0 Å². The van der Waals surface area contributed by atoms with Gasteiger partial charge in [0.2, 0.25) is 10.0 Å². The molecule has 1 aromatic carbocycles. The molecule has 0 unspecified atom stereocenters. The van der Waals surface area contributed by atoms with Crippen LogP contribution in [0.2, 0.25) is 5.02 Å². The number of nitrogens with one attached hydrogen (secondary N) is 2. The van der Waals surface area contributed by atoms with Crippen molar-refractivity contribution in [1.82, 2.24) is 20.0 Å². The van der Waals surface area contributed by atoms with Crippen LogP contribution in [0.1, 0.15) is 29.8 Å². The van der Waals surface area contributed by atoms with Crippen molar-refractivity contribution in [3.05, 3.63) is 53.6 Å². The maximum absolute atomic E-state index is 12.3. The quantitative estimate of drug-likeness (QED) is 0.545. The summed E-state index contributed by atoms with van der Waals surface area (Å²) in [4.78, 5) is 20.2. The van der Waals surface area contributed by atoms with Gasteiger partial charge in [-0.2, -0.15) is 0 Å². The number of ether oxygens (including phenoxy) is 1. The van der Waals surface area contributed by atoms with Crippen LogP contribution in [0.25, 0.3) is 0 Å². The molecule has 2 aromatic rings. The Morgan fingerprint density at radius 3 is 2.67 bits per heavy atom. The molecule has 0 aliphatic carbocycles. The second-order valence-corrected chi connectivity index (χ2v) is 9.07. The SMILES string of the molecule is O=C(N[C@@H]1CC[C@@H](CCNS(=O)(=O)c2ccc(Cl)cc2)O[C@@H]1CO)c1cnccn1. The second kappa shape index (κ2) is 10.3. The number of carbonyl (C=O) groups excluding carboxylic acids is 1. The standard InChI is InChI=1S/C19H23ClN4O5S/c20-13-1-4-15(5-2-13)30(27,28)23-8-7-14-3-6-16(18(12-25)29-14)24-19(26)17-11-21-9-10-22-17/h1-2,4-5,9-11,14,16,18,23,25H,3,6-8,12H2,(H,24,26)/t14-,16+,18+/m0/s1. The number of aliphatic hydroxyl groups is 1. The number of halogens is 1. The summed E-state index contributed by atoms with van der Waals surface area (Å²) < 4.78 is 33.1. The fourth-order valence-corrected chi connectivity index (χ4v) is 4.39. The van der Waals surface area contributed by atoms with Crippen molar-refractivity contribution in [2.45, 2.75) is 42.4 Å². The number of amides is 1. The predicted molar refractivity (Wildman–Crippen MR) is 110 cm³/mol. The lowest BCUT2D eigenvalue weighted by molar-refractivity contribution is -0.0891. The number of carbonyl (C=O) groups is 1. The first-order valence-electron chi connectivity index (χ1n) is 9.47. The Labute approximate surface area is 179 Å². The summed E-state index contributed by atoms with van der Waals surface area (Å²) >= 11 is 5.79. The fraction of sp³-hybridized carbons (Fsp3) is 0.421. The second-order valence-electron chi connectivity index (χ2n) is 6.87. The van der Waals surface area contributed by atoms with Crippen LogP contribution in [0.5, 0.6) is 0 Å². The monoisotopic (exact) mass is 454 g/mol. The first kappa shape index (κ1) is 22.6. The molecule has 0 saturated carbocycles. The van der Waals surface area contributed by atoms with Crippen molar-refractivity contribution in [2.75, 3.05) is 13.2 Å². The summed E-state index contributed by atoms with van der Waals surface area (Å²) in [6, 6.07) is 5.54. The number of nitrogens with zero attached hydrogens (tertiary/aromatic N) is 2. The molecule has 1 aliphatic rings. The maximum Gasteiger partial charge on any atom is 0.271 e. The summed E-state index contributed by atoms with van der Waals surface area (Å²) in [5.74, 6) is -0.385. The Bertz CT molecular complexity index is 943. The van der Waals surface area contributed by atoms with Crippen LogP contribution >= 0.6 is 11.6 Å². The van der Waals surface area contributed by atoms with Crippen molar-refractivity contribution in [3.63, 3.8) is 0 Å². The molecule has 3 atom stereocenters. The molecule has 30 heavy (non-hydrogen) atoms. The van der Waals surface area contributed by atoms with Crippen LogP contribution in [0.15, 0.2) is 47.8 Å². The van der Waals surface area contributed by atoms with Gasteiger partial charge in [0.25, 0.3) is 5.91 Å². The number of hydrogen-bond donors (Lipinski definition) is 3. The highest BCUT2D eigenvalue weighted by Crippen LogP contribution is 2.22. The van der Waals surface area contributed by atoms with Crippen LogP contribution in [-0.4, -0.2) is 60.8 Å². The third-order valence-electron chi connectivity index (χ3n) is 4.79. The van der Waals surface area contributed by atoms with Crippen LogP contribution < -0.4 is 10.0 Å². The first-order valence-corrected chi connectivity index (χ1v) is 11.3. The fourth-order valence-electron chi connectivity index (χ4n) is 3.22. The zero-order valence-corrected chi connectivity index (χ0v) is 17.6. The maximum atomic E-state index is 12.3. The summed E-state index contributed by atoms with van der Waals surface area (Å²) in [6.07, 6.45) is 5.09. The number of rotatable bonds is 8. The molecule has 162 valence electrons. The molecule has 11 heteroatoms. The average Bonchev–Trinajstić information content (AvgIpc) is 2.75. The van der Waals surface area contributed by atoms with Gasteiger partial charge in [-0.3, -0.25) is 9.78 Å². The van der Waals surface area contributed by atoms with Gasteiger partial charge in [0.1, 0.15) is 11.8 Å². The van der Waals surface area contributed by atoms with Crippen molar-refractivity contribution < 1.29 is 23.1 Å². The van der Waals surface area contributed by atoms with Crippen LogP contribution in [0, 0.1) is 0 Å².